The number of hydrogen-bond donors (Lipinski definition) is 1. The fourth-order valence-electron chi connectivity index (χ4n) is 3.89. The summed E-state index contributed by atoms with van der Waals surface area (Å²) in [5.74, 6) is -0.417. The zero-order valence-corrected chi connectivity index (χ0v) is 18.9. The number of methoxy groups -OCH3 is 1. The van der Waals surface area contributed by atoms with Crippen LogP contribution in [0, 0.1) is 5.92 Å². The molecule has 1 aromatic carbocycles. The number of nitrogens with one attached hydrogen (secondary N) is 1. The number of amides is 1. The van der Waals surface area contributed by atoms with E-state index in [1.54, 1.807) is 0 Å². The Morgan fingerprint density at radius 3 is 2.41 bits per heavy atom. The van der Waals surface area contributed by atoms with Gasteiger partial charge in [-0.15, -0.1) is 0 Å². The van der Waals surface area contributed by atoms with E-state index in [-0.39, 0.29) is 23.3 Å². The monoisotopic (exact) mass is 400 g/mol. The van der Waals surface area contributed by atoms with Gasteiger partial charge >= 0.3 is 5.97 Å². The van der Waals surface area contributed by atoms with Gasteiger partial charge in [-0.2, -0.15) is 0 Å². The van der Waals surface area contributed by atoms with E-state index in [1.807, 2.05) is 63.8 Å². The maximum atomic E-state index is 13.5. The van der Waals surface area contributed by atoms with Gasteiger partial charge in [0, 0.05) is 11.2 Å². The number of allylic oxidation sites excluding steroid dienone is 1. The Balaban J connectivity index is 2.66. The normalized spacial score (nSPS) is 17.4. The molecule has 0 saturated heterocycles. The number of fused-ring (bicyclic) bond motifs is 1. The summed E-state index contributed by atoms with van der Waals surface area (Å²) < 4.78 is 5.16. The van der Waals surface area contributed by atoms with Crippen molar-refractivity contribution in [3.63, 3.8) is 0 Å². The van der Waals surface area contributed by atoms with Crippen LogP contribution in [-0.4, -0.2) is 35.5 Å². The van der Waals surface area contributed by atoms with Gasteiger partial charge < -0.3 is 15.0 Å². The Morgan fingerprint density at radius 2 is 1.86 bits per heavy atom. The molecule has 160 valence electrons. The lowest BCUT2D eigenvalue weighted by atomic mass is 9.87. The number of esters is 1. The number of carbonyl (C=O) groups excluding carboxylic acids is 2. The van der Waals surface area contributed by atoms with Gasteiger partial charge in [0.05, 0.1) is 7.11 Å². The zero-order valence-electron chi connectivity index (χ0n) is 18.9. The molecule has 0 saturated carbocycles. The van der Waals surface area contributed by atoms with Gasteiger partial charge in [0.15, 0.2) is 0 Å². The predicted octanol–water partition coefficient (Wildman–Crippen LogP) is 4.69. The van der Waals surface area contributed by atoms with Crippen LogP contribution in [0.3, 0.4) is 0 Å². The molecule has 1 aliphatic rings. The van der Waals surface area contributed by atoms with Gasteiger partial charge in [-0.1, -0.05) is 51.5 Å². The highest BCUT2D eigenvalue weighted by Gasteiger charge is 2.42. The molecule has 0 aliphatic carbocycles. The van der Waals surface area contributed by atoms with Crippen LogP contribution in [0.4, 0.5) is 0 Å². The molecule has 1 aliphatic heterocycles. The van der Waals surface area contributed by atoms with Crippen LogP contribution >= 0.6 is 0 Å². The minimum atomic E-state index is -0.575. The van der Waals surface area contributed by atoms with E-state index >= 15 is 0 Å². The second-order valence-electron chi connectivity index (χ2n) is 9.13. The quantitative estimate of drug-likeness (QED) is 0.675. The maximum Gasteiger partial charge on any atom is 0.328 e. The molecule has 0 unspecified atom stereocenters. The highest BCUT2D eigenvalue weighted by Crippen LogP contribution is 2.40. The molecular formula is C24H36N2O3. The van der Waals surface area contributed by atoms with Gasteiger partial charge in [-0.05, 0) is 56.7 Å². The maximum absolute atomic E-state index is 13.5. The minimum Gasteiger partial charge on any atom is -0.467 e. The van der Waals surface area contributed by atoms with E-state index in [1.165, 1.54) is 7.11 Å². The van der Waals surface area contributed by atoms with E-state index in [9.17, 15) is 9.59 Å². The molecule has 1 amide bonds. The number of hydrogen-bond acceptors (Lipinski definition) is 4. The molecule has 2 rings (SSSR count). The third-order valence-corrected chi connectivity index (χ3v) is 5.13. The molecular weight excluding hydrogens is 364 g/mol. The summed E-state index contributed by atoms with van der Waals surface area (Å²) in [4.78, 5) is 28.3. The second-order valence-corrected chi connectivity index (χ2v) is 9.13. The van der Waals surface area contributed by atoms with Crippen LogP contribution in [0.2, 0.25) is 0 Å². The molecule has 0 aromatic heterocycles. The fraction of sp³-hybridized carbons (Fsp3) is 0.583. The van der Waals surface area contributed by atoms with Crippen LogP contribution in [0.1, 0.15) is 78.0 Å². The van der Waals surface area contributed by atoms with Crippen molar-refractivity contribution >= 4 is 18.0 Å². The van der Waals surface area contributed by atoms with E-state index in [2.05, 4.69) is 18.3 Å². The Bertz CT molecular complexity index is 762. The van der Waals surface area contributed by atoms with Crippen molar-refractivity contribution in [1.29, 1.82) is 0 Å². The molecule has 0 fully saturated rings. The standard InChI is InChI=1S/C24H36N2O3/c1-8-9-13-18-15-17-12-10-11-14-19(17)21(22(27)25-24(4,5)6)26(18)20(16(2)3)23(28)29-7/h10-12,14-16,20-21H,8-9,13H2,1-7H3,(H,25,27)/t20-,21+/m0/s1. The first-order valence-electron chi connectivity index (χ1n) is 10.6. The summed E-state index contributed by atoms with van der Waals surface area (Å²) in [5, 5.41) is 3.13. The first-order valence-corrected chi connectivity index (χ1v) is 10.6. The molecule has 0 bridgehead atoms. The molecule has 0 spiro atoms. The lowest BCUT2D eigenvalue weighted by Gasteiger charge is -2.44. The average molecular weight is 401 g/mol. The Morgan fingerprint density at radius 1 is 1.21 bits per heavy atom. The zero-order chi connectivity index (χ0) is 21.8. The van der Waals surface area contributed by atoms with Crippen molar-refractivity contribution in [2.45, 2.75) is 78.4 Å². The van der Waals surface area contributed by atoms with Crippen molar-refractivity contribution in [2.75, 3.05) is 7.11 Å². The van der Waals surface area contributed by atoms with Gasteiger partial charge in [-0.3, -0.25) is 4.79 Å². The first kappa shape index (κ1) is 23.0. The third-order valence-electron chi connectivity index (χ3n) is 5.13. The van der Waals surface area contributed by atoms with Crippen molar-refractivity contribution in [2.24, 2.45) is 5.92 Å². The SMILES string of the molecule is CCCCC1=Cc2ccccc2[C@H](C(=O)NC(C)(C)C)N1[C@H](C(=O)OC)C(C)C. The van der Waals surface area contributed by atoms with Crippen LogP contribution in [-0.2, 0) is 14.3 Å². The topological polar surface area (TPSA) is 58.6 Å². The highest BCUT2D eigenvalue weighted by atomic mass is 16.5. The van der Waals surface area contributed by atoms with Crippen molar-refractivity contribution in [3.8, 4) is 0 Å². The summed E-state index contributed by atoms with van der Waals surface area (Å²) in [5.41, 5.74) is 2.60. The third kappa shape index (κ3) is 5.40. The lowest BCUT2D eigenvalue weighted by Crippen LogP contribution is -2.54. The van der Waals surface area contributed by atoms with Gasteiger partial charge in [0.25, 0.3) is 0 Å². The summed E-state index contributed by atoms with van der Waals surface area (Å²) >= 11 is 0. The fourth-order valence-corrected chi connectivity index (χ4v) is 3.89. The Hall–Kier alpha value is -2.30. The molecule has 1 aromatic rings. The van der Waals surface area contributed by atoms with Crippen LogP contribution in [0.15, 0.2) is 30.0 Å². The van der Waals surface area contributed by atoms with Crippen molar-refractivity contribution < 1.29 is 14.3 Å². The molecule has 5 nitrogen and oxygen atoms in total. The largest absolute Gasteiger partial charge is 0.467 e. The number of carbonyl (C=O) groups is 2. The van der Waals surface area contributed by atoms with Crippen LogP contribution < -0.4 is 5.32 Å². The predicted molar refractivity (Wildman–Crippen MR) is 117 cm³/mol. The van der Waals surface area contributed by atoms with Crippen molar-refractivity contribution in [1.82, 2.24) is 10.2 Å². The number of benzene rings is 1. The van der Waals surface area contributed by atoms with E-state index in [0.29, 0.717) is 0 Å². The Kier molecular flexibility index (Phi) is 7.50. The Labute approximate surface area is 175 Å². The number of rotatable bonds is 7. The van der Waals surface area contributed by atoms with E-state index < -0.39 is 12.1 Å². The summed E-state index contributed by atoms with van der Waals surface area (Å²) in [7, 11) is 1.41. The number of unbranched alkanes of at least 4 members (excludes halogenated alkanes) is 1. The summed E-state index contributed by atoms with van der Waals surface area (Å²) in [6, 6.07) is 6.85. The van der Waals surface area contributed by atoms with E-state index in [4.69, 9.17) is 4.74 Å². The van der Waals surface area contributed by atoms with Gasteiger partial charge in [-0.25, -0.2) is 4.79 Å². The van der Waals surface area contributed by atoms with Gasteiger partial charge in [0.2, 0.25) is 5.91 Å². The summed E-state index contributed by atoms with van der Waals surface area (Å²) in [6.07, 6.45) is 4.97. The molecule has 29 heavy (non-hydrogen) atoms. The lowest BCUT2D eigenvalue weighted by molar-refractivity contribution is -0.150. The first-order chi connectivity index (χ1) is 13.6. The molecule has 5 heteroatoms. The second kappa shape index (κ2) is 9.47. The smallest absolute Gasteiger partial charge is 0.328 e. The average Bonchev–Trinajstić information content (AvgIpc) is 2.64. The van der Waals surface area contributed by atoms with Gasteiger partial charge in [0.1, 0.15) is 12.1 Å². The molecule has 2 atom stereocenters. The highest BCUT2D eigenvalue weighted by molar-refractivity contribution is 5.88. The molecule has 1 N–H and O–H groups in total. The molecule has 1 heterocycles. The van der Waals surface area contributed by atoms with E-state index in [0.717, 1.165) is 36.1 Å². The van der Waals surface area contributed by atoms with Crippen molar-refractivity contribution in [3.05, 3.63) is 41.1 Å². The summed E-state index contributed by atoms with van der Waals surface area (Å²) in [6.45, 7) is 12.1. The van der Waals surface area contributed by atoms with Crippen LogP contribution in [0.25, 0.3) is 6.08 Å². The van der Waals surface area contributed by atoms with Crippen LogP contribution in [0.5, 0.6) is 0 Å². The molecule has 0 radical (unpaired) electrons. The number of ether oxygens (including phenoxy) is 1. The minimum absolute atomic E-state index is 0.0114. The number of nitrogens with zero attached hydrogens (tertiary/aromatic N) is 1.